The van der Waals surface area contributed by atoms with E-state index in [1.807, 2.05) is 0 Å². The van der Waals surface area contributed by atoms with Crippen molar-refractivity contribution >= 4 is 21.6 Å². The fourth-order valence-corrected chi connectivity index (χ4v) is 3.88. The molecule has 0 spiro atoms. The minimum absolute atomic E-state index is 0.00327. The molecule has 2 atom stereocenters. The minimum Gasteiger partial charge on any atom is -0.493 e. The predicted octanol–water partition coefficient (Wildman–Crippen LogP) is 2.87. The van der Waals surface area contributed by atoms with Crippen molar-refractivity contribution in [1.82, 2.24) is 9.71 Å². The number of rotatable bonds is 6. The number of hydrogen-bond acceptors (Lipinski definition) is 5. The zero-order chi connectivity index (χ0) is 19.4. The van der Waals surface area contributed by atoms with Crippen LogP contribution in [0.15, 0.2) is 36.5 Å². The maximum atomic E-state index is 14.0. The van der Waals surface area contributed by atoms with Gasteiger partial charge in [0.2, 0.25) is 10.0 Å². The third-order valence-corrected chi connectivity index (χ3v) is 5.20. The first-order valence-corrected chi connectivity index (χ1v) is 10.7. The van der Waals surface area contributed by atoms with Crippen LogP contribution >= 0.6 is 11.6 Å². The second-order valence-corrected chi connectivity index (χ2v) is 8.66. The van der Waals surface area contributed by atoms with Crippen LogP contribution in [0.5, 0.6) is 5.75 Å². The predicted molar refractivity (Wildman–Crippen MR) is 101 cm³/mol. The number of sulfonamides is 1. The Morgan fingerprint density at radius 2 is 2.11 bits per heavy atom. The summed E-state index contributed by atoms with van der Waals surface area (Å²) in [7, 11) is -3.32. The van der Waals surface area contributed by atoms with E-state index in [2.05, 4.69) is 9.71 Å². The second-order valence-electron chi connectivity index (χ2n) is 6.44. The molecular weight excluding hydrogens is 395 g/mol. The van der Waals surface area contributed by atoms with E-state index in [0.717, 1.165) is 6.26 Å². The van der Waals surface area contributed by atoms with Gasteiger partial charge in [-0.25, -0.2) is 17.5 Å². The summed E-state index contributed by atoms with van der Waals surface area (Å²) in [4.78, 5) is 4.01. The van der Waals surface area contributed by atoms with Crippen LogP contribution in [0, 0.1) is 11.7 Å². The van der Waals surface area contributed by atoms with Crippen LogP contribution in [-0.2, 0) is 14.8 Å². The highest BCUT2D eigenvalue weighted by molar-refractivity contribution is 7.88. The molecule has 0 radical (unpaired) electrons. The molecule has 2 aromatic rings. The summed E-state index contributed by atoms with van der Waals surface area (Å²) < 4.78 is 50.7. The lowest BCUT2D eigenvalue weighted by molar-refractivity contribution is 0.0275. The van der Waals surface area contributed by atoms with Crippen LogP contribution in [-0.4, -0.2) is 45.5 Å². The zero-order valence-electron chi connectivity index (χ0n) is 14.7. The van der Waals surface area contributed by atoms with Gasteiger partial charge < -0.3 is 9.47 Å². The van der Waals surface area contributed by atoms with Crippen molar-refractivity contribution < 1.29 is 22.3 Å². The first kappa shape index (κ1) is 20.0. The maximum absolute atomic E-state index is 14.0. The van der Waals surface area contributed by atoms with E-state index in [9.17, 15) is 12.8 Å². The van der Waals surface area contributed by atoms with Gasteiger partial charge in [0.25, 0.3) is 0 Å². The van der Waals surface area contributed by atoms with Crippen LogP contribution in [0.3, 0.4) is 0 Å². The van der Waals surface area contributed by atoms with Gasteiger partial charge in [0.1, 0.15) is 11.4 Å². The standard InChI is InChI=1S/C18H20ClFN2O4S/c1-27(23,24)22-17-11-25-7-6-13(17)10-26-15-4-2-12(3-5-15)18-16(20)8-14(19)9-21-18/h2-5,8-9,13,17,22H,6-7,10-11H2,1H3/t13-,17+/m1/s1. The molecule has 146 valence electrons. The molecule has 1 aromatic heterocycles. The number of nitrogens with one attached hydrogen (secondary N) is 1. The Hall–Kier alpha value is -1.74. The quantitative estimate of drug-likeness (QED) is 0.786. The molecule has 2 heterocycles. The summed E-state index contributed by atoms with van der Waals surface area (Å²) in [6.07, 6.45) is 3.22. The Morgan fingerprint density at radius 3 is 2.78 bits per heavy atom. The molecule has 1 N–H and O–H groups in total. The first-order chi connectivity index (χ1) is 12.8. The van der Waals surface area contributed by atoms with Crippen LogP contribution in [0.4, 0.5) is 4.39 Å². The molecule has 0 amide bonds. The minimum atomic E-state index is -3.32. The molecule has 0 unspecified atom stereocenters. The lowest BCUT2D eigenvalue weighted by atomic mass is 9.97. The van der Waals surface area contributed by atoms with E-state index in [1.54, 1.807) is 24.3 Å². The summed E-state index contributed by atoms with van der Waals surface area (Å²) in [5.41, 5.74) is 0.826. The molecule has 3 rings (SSSR count). The van der Waals surface area contributed by atoms with E-state index in [4.69, 9.17) is 21.1 Å². The first-order valence-electron chi connectivity index (χ1n) is 8.41. The largest absolute Gasteiger partial charge is 0.493 e. The van der Waals surface area contributed by atoms with Crippen molar-refractivity contribution in [2.75, 3.05) is 26.1 Å². The summed E-state index contributed by atoms with van der Waals surface area (Å²) >= 11 is 5.72. The fraction of sp³-hybridized carbons (Fsp3) is 0.389. The van der Waals surface area contributed by atoms with E-state index in [1.165, 1.54) is 12.3 Å². The summed E-state index contributed by atoms with van der Waals surface area (Å²) in [6, 6.07) is 7.78. The average Bonchev–Trinajstić information content (AvgIpc) is 2.60. The Kier molecular flexibility index (Phi) is 6.31. The summed E-state index contributed by atoms with van der Waals surface area (Å²) in [6.45, 7) is 1.24. The van der Waals surface area contributed by atoms with Crippen molar-refractivity contribution in [3.8, 4) is 17.0 Å². The van der Waals surface area contributed by atoms with Gasteiger partial charge in [0.05, 0.1) is 30.5 Å². The molecule has 1 saturated heterocycles. The van der Waals surface area contributed by atoms with E-state index in [0.29, 0.717) is 37.6 Å². The van der Waals surface area contributed by atoms with E-state index >= 15 is 0 Å². The molecule has 1 aliphatic rings. The lowest BCUT2D eigenvalue weighted by Crippen LogP contribution is -2.48. The Bertz CT molecular complexity index is 893. The number of aromatic nitrogens is 1. The second kappa shape index (κ2) is 8.52. The van der Waals surface area contributed by atoms with Crippen LogP contribution < -0.4 is 9.46 Å². The zero-order valence-corrected chi connectivity index (χ0v) is 16.3. The lowest BCUT2D eigenvalue weighted by Gasteiger charge is -2.31. The highest BCUT2D eigenvalue weighted by Gasteiger charge is 2.28. The van der Waals surface area contributed by atoms with Crippen molar-refractivity contribution in [1.29, 1.82) is 0 Å². The number of hydrogen-bond donors (Lipinski definition) is 1. The monoisotopic (exact) mass is 414 g/mol. The number of ether oxygens (including phenoxy) is 2. The highest BCUT2D eigenvalue weighted by atomic mass is 35.5. The van der Waals surface area contributed by atoms with Gasteiger partial charge in [-0.1, -0.05) is 11.6 Å². The van der Waals surface area contributed by atoms with Gasteiger partial charge in [0.15, 0.2) is 5.82 Å². The molecule has 0 bridgehead atoms. The summed E-state index contributed by atoms with van der Waals surface area (Å²) in [5, 5.41) is 0.241. The Labute approximate surface area is 162 Å². The molecule has 9 heteroatoms. The third kappa shape index (κ3) is 5.62. The van der Waals surface area contributed by atoms with Crippen LogP contribution in [0.1, 0.15) is 6.42 Å². The maximum Gasteiger partial charge on any atom is 0.209 e. The van der Waals surface area contributed by atoms with E-state index < -0.39 is 15.8 Å². The molecule has 1 aromatic carbocycles. The van der Waals surface area contributed by atoms with E-state index in [-0.39, 0.29) is 22.7 Å². The van der Waals surface area contributed by atoms with Crippen LogP contribution in [0.2, 0.25) is 5.02 Å². The number of benzene rings is 1. The Balaban J connectivity index is 1.64. The van der Waals surface area contributed by atoms with Gasteiger partial charge >= 0.3 is 0 Å². The van der Waals surface area contributed by atoms with Gasteiger partial charge in [-0.15, -0.1) is 0 Å². The number of halogens is 2. The van der Waals surface area contributed by atoms with Crippen molar-refractivity contribution in [3.63, 3.8) is 0 Å². The molecule has 0 saturated carbocycles. The smallest absolute Gasteiger partial charge is 0.209 e. The SMILES string of the molecule is CS(=O)(=O)N[C@H]1COCC[C@@H]1COc1ccc(-c2ncc(Cl)cc2F)cc1. The topological polar surface area (TPSA) is 77.5 Å². The number of nitrogens with zero attached hydrogens (tertiary/aromatic N) is 1. The highest BCUT2D eigenvalue weighted by Crippen LogP contribution is 2.25. The Morgan fingerprint density at radius 1 is 1.37 bits per heavy atom. The molecule has 1 fully saturated rings. The third-order valence-electron chi connectivity index (χ3n) is 4.26. The van der Waals surface area contributed by atoms with Crippen molar-refractivity contribution in [3.05, 3.63) is 47.4 Å². The fourth-order valence-electron chi connectivity index (χ4n) is 2.93. The average molecular weight is 415 g/mol. The van der Waals surface area contributed by atoms with Crippen molar-refractivity contribution in [2.24, 2.45) is 5.92 Å². The molecule has 6 nitrogen and oxygen atoms in total. The van der Waals surface area contributed by atoms with Gasteiger partial charge in [-0.3, -0.25) is 4.98 Å². The van der Waals surface area contributed by atoms with Gasteiger partial charge in [-0.2, -0.15) is 0 Å². The van der Waals surface area contributed by atoms with Crippen molar-refractivity contribution in [2.45, 2.75) is 12.5 Å². The number of pyridine rings is 1. The molecule has 0 aliphatic carbocycles. The molecular formula is C18H20ClFN2O4S. The summed E-state index contributed by atoms with van der Waals surface area (Å²) in [5.74, 6) is 0.120. The van der Waals surface area contributed by atoms with Crippen LogP contribution in [0.25, 0.3) is 11.3 Å². The normalized spacial score (nSPS) is 20.4. The molecule has 27 heavy (non-hydrogen) atoms. The van der Waals surface area contributed by atoms with Gasteiger partial charge in [-0.05, 0) is 36.8 Å². The molecule has 1 aliphatic heterocycles. The van der Waals surface area contributed by atoms with Gasteiger partial charge in [0, 0.05) is 24.3 Å².